The molecule has 1 aliphatic rings. The van der Waals surface area contributed by atoms with Gasteiger partial charge in [-0.25, -0.2) is 8.42 Å². The zero-order valence-corrected chi connectivity index (χ0v) is 16.9. The van der Waals surface area contributed by atoms with E-state index in [1.165, 1.54) is 22.7 Å². The number of anilines is 1. The van der Waals surface area contributed by atoms with Gasteiger partial charge >= 0.3 is 0 Å². The SMILES string of the molecule is Cc1ccccc1/C=N/OCC(=O)Nc1cccc(S(=O)(=O)N2CCOCC2)c1. The van der Waals surface area contributed by atoms with Crippen molar-refractivity contribution in [3.05, 3.63) is 59.7 Å². The van der Waals surface area contributed by atoms with Crippen molar-refractivity contribution < 1.29 is 22.8 Å². The number of benzene rings is 2. The maximum atomic E-state index is 12.7. The third kappa shape index (κ3) is 5.63. The molecule has 0 saturated carbocycles. The molecule has 1 N–H and O–H groups in total. The fourth-order valence-electron chi connectivity index (χ4n) is 2.79. The molecule has 2 aromatic rings. The van der Waals surface area contributed by atoms with E-state index in [1.54, 1.807) is 12.1 Å². The van der Waals surface area contributed by atoms with Gasteiger partial charge in [0.25, 0.3) is 5.91 Å². The van der Waals surface area contributed by atoms with Crippen LogP contribution >= 0.6 is 0 Å². The third-order valence-corrected chi connectivity index (χ3v) is 6.27. The van der Waals surface area contributed by atoms with Gasteiger partial charge in [-0.05, 0) is 36.2 Å². The third-order valence-electron chi connectivity index (χ3n) is 4.38. The largest absolute Gasteiger partial charge is 0.386 e. The molecule has 1 amide bonds. The predicted octanol–water partition coefficient (Wildman–Crippen LogP) is 2.01. The van der Waals surface area contributed by atoms with E-state index in [-0.39, 0.29) is 11.5 Å². The molecule has 0 unspecified atom stereocenters. The van der Waals surface area contributed by atoms with Crippen molar-refractivity contribution in [1.82, 2.24) is 4.31 Å². The van der Waals surface area contributed by atoms with Gasteiger partial charge in [-0.3, -0.25) is 4.79 Å². The lowest BCUT2D eigenvalue weighted by Gasteiger charge is -2.26. The van der Waals surface area contributed by atoms with Crippen LogP contribution in [-0.2, 0) is 24.4 Å². The van der Waals surface area contributed by atoms with Crippen LogP contribution in [0.1, 0.15) is 11.1 Å². The topological polar surface area (TPSA) is 97.3 Å². The van der Waals surface area contributed by atoms with Crippen LogP contribution in [0.2, 0.25) is 0 Å². The van der Waals surface area contributed by atoms with Crippen LogP contribution in [0.25, 0.3) is 0 Å². The van der Waals surface area contributed by atoms with E-state index < -0.39 is 15.9 Å². The highest BCUT2D eigenvalue weighted by atomic mass is 32.2. The molecule has 1 heterocycles. The summed E-state index contributed by atoms with van der Waals surface area (Å²) in [6.07, 6.45) is 1.54. The zero-order valence-electron chi connectivity index (χ0n) is 16.1. The summed E-state index contributed by atoms with van der Waals surface area (Å²) < 4.78 is 32.0. The Hall–Kier alpha value is -2.75. The fourth-order valence-corrected chi connectivity index (χ4v) is 4.24. The van der Waals surface area contributed by atoms with Crippen molar-refractivity contribution in [2.75, 3.05) is 38.2 Å². The molecule has 3 rings (SSSR count). The van der Waals surface area contributed by atoms with Gasteiger partial charge in [0.15, 0.2) is 6.61 Å². The molecule has 1 aliphatic heterocycles. The van der Waals surface area contributed by atoms with Gasteiger partial charge in [0.1, 0.15) is 0 Å². The molecular weight excluding hydrogens is 394 g/mol. The molecular formula is C20H23N3O5S. The molecule has 8 nitrogen and oxygen atoms in total. The molecule has 0 spiro atoms. The van der Waals surface area contributed by atoms with Gasteiger partial charge in [0, 0.05) is 18.8 Å². The number of nitrogens with zero attached hydrogens (tertiary/aromatic N) is 2. The van der Waals surface area contributed by atoms with Gasteiger partial charge in [-0.1, -0.05) is 35.5 Å². The van der Waals surface area contributed by atoms with E-state index in [1.807, 2.05) is 31.2 Å². The molecule has 0 aliphatic carbocycles. The molecule has 1 fully saturated rings. The number of sulfonamides is 1. The first-order valence-corrected chi connectivity index (χ1v) is 10.6. The predicted molar refractivity (Wildman–Crippen MR) is 109 cm³/mol. The highest BCUT2D eigenvalue weighted by Crippen LogP contribution is 2.20. The van der Waals surface area contributed by atoms with Crippen molar-refractivity contribution in [2.45, 2.75) is 11.8 Å². The Morgan fingerprint density at radius 2 is 1.97 bits per heavy atom. The molecule has 0 radical (unpaired) electrons. The lowest BCUT2D eigenvalue weighted by Crippen LogP contribution is -2.40. The van der Waals surface area contributed by atoms with Crippen LogP contribution in [-0.4, -0.2) is 57.8 Å². The number of aryl methyl sites for hydroxylation is 1. The quantitative estimate of drug-likeness (QED) is 0.549. The van der Waals surface area contributed by atoms with Crippen LogP contribution in [0.3, 0.4) is 0 Å². The molecule has 154 valence electrons. The summed E-state index contributed by atoms with van der Waals surface area (Å²) in [6.45, 7) is 3.03. The summed E-state index contributed by atoms with van der Waals surface area (Å²) in [4.78, 5) is 17.2. The highest BCUT2D eigenvalue weighted by Gasteiger charge is 2.26. The molecule has 1 saturated heterocycles. The molecule has 0 atom stereocenters. The summed E-state index contributed by atoms with van der Waals surface area (Å²) in [5.74, 6) is -0.437. The van der Waals surface area contributed by atoms with E-state index in [2.05, 4.69) is 10.5 Å². The first-order chi connectivity index (χ1) is 14.0. The highest BCUT2D eigenvalue weighted by molar-refractivity contribution is 7.89. The van der Waals surface area contributed by atoms with Gasteiger partial charge in [-0.2, -0.15) is 4.31 Å². The van der Waals surface area contributed by atoms with E-state index in [9.17, 15) is 13.2 Å². The number of morpholine rings is 1. The maximum Gasteiger partial charge on any atom is 0.265 e. The molecule has 2 aromatic carbocycles. The smallest absolute Gasteiger partial charge is 0.265 e. The molecule has 9 heteroatoms. The van der Waals surface area contributed by atoms with Crippen molar-refractivity contribution in [3.63, 3.8) is 0 Å². The second-order valence-electron chi connectivity index (χ2n) is 6.46. The first-order valence-electron chi connectivity index (χ1n) is 9.15. The standard InChI is InChI=1S/C20H23N3O5S/c1-16-5-2-3-6-17(16)14-21-28-15-20(24)22-18-7-4-8-19(13-18)29(25,26)23-9-11-27-12-10-23/h2-8,13-14H,9-12,15H2,1H3,(H,22,24)/b21-14+. The average molecular weight is 417 g/mol. The van der Waals surface area contributed by atoms with Crippen molar-refractivity contribution in [2.24, 2.45) is 5.16 Å². The summed E-state index contributed by atoms with van der Waals surface area (Å²) in [5, 5.41) is 6.42. The van der Waals surface area contributed by atoms with Crippen LogP contribution in [0.4, 0.5) is 5.69 Å². The zero-order chi connectivity index (χ0) is 20.7. The Labute approximate surface area is 170 Å². The van der Waals surface area contributed by atoms with Crippen molar-refractivity contribution in [1.29, 1.82) is 0 Å². The lowest BCUT2D eigenvalue weighted by atomic mass is 10.1. The van der Waals surface area contributed by atoms with Gasteiger partial charge < -0.3 is 14.9 Å². The van der Waals surface area contributed by atoms with Crippen LogP contribution in [0.15, 0.2) is 58.6 Å². The van der Waals surface area contributed by atoms with Gasteiger partial charge in [0.2, 0.25) is 10.0 Å². The number of nitrogens with one attached hydrogen (secondary N) is 1. The average Bonchev–Trinajstić information content (AvgIpc) is 2.73. The Bertz CT molecular complexity index is 985. The minimum atomic E-state index is -3.63. The number of hydrogen-bond donors (Lipinski definition) is 1. The minimum Gasteiger partial charge on any atom is -0.386 e. The normalized spacial score (nSPS) is 15.3. The van der Waals surface area contributed by atoms with E-state index in [4.69, 9.17) is 9.57 Å². The number of ether oxygens (including phenoxy) is 1. The number of oxime groups is 1. The summed E-state index contributed by atoms with van der Waals surface area (Å²) in [6, 6.07) is 13.8. The number of rotatable bonds is 7. The Balaban J connectivity index is 1.57. The fraction of sp³-hybridized carbons (Fsp3) is 0.300. The second-order valence-corrected chi connectivity index (χ2v) is 8.39. The van der Waals surface area contributed by atoms with Crippen LogP contribution < -0.4 is 5.32 Å². The molecule has 0 bridgehead atoms. The number of hydrogen-bond acceptors (Lipinski definition) is 6. The molecule has 29 heavy (non-hydrogen) atoms. The van der Waals surface area contributed by atoms with Gasteiger partial charge in [-0.15, -0.1) is 0 Å². The Morgan fingerprint density at radius 1 is 1.21 bits per heavy atom. The Morgan fingerprint density at radius 3 is 2.72 bits per heavy atom. The number of carbonyl (C=O) groups excluding carboxylic acids is 1. The van der Waals surface area contributed by atoms with Crippen molar-refractivity contribution in [3.8, 4) is 0 Å². The summed E-state index contributed by atoms with van der Waals surface area (Å²) >= 11 is 0. The second kappa shape index (κ2) is 9.64. The van der Waals surface area contributed by atoms with E-state index in [0.717, 1.165) is 11.1 Å². The first kappa shape index (κ1) is 21.0. The number of carbonyl (C=O) groups is 1. The van der Waals surface area contributed by atoms with Gasteiger partial charge in [0.05, 0.1) is 24.3 Å². The lowest BCUT2D eigenvalue weighted by molar-refractivity contribution is -0.120. The summed E-state index contributed by atoms with van der Waals surface area (Å²) in [5.41, 5.74) is 2.31. The van der Waals surface area contributed by atoms with E-state index >= 15 is 0 Å². The van der Waals surface area contributed by atoms with Crippen molar-refractivity contribution >= 4 is 27.8 Å². The minimum absolute atomic E-state index is 0.121. The monoisotopic (exact) mass is 417 g/mol. The Kier molecular flexibility index (Phi) is 6.97. The van der Waals surface area contributed by atoms with Crippen LogP contribution in [0.5, 0.6) is 0 Å². The van der Waals surface area contributed by atoms with Crippen LogP contribution in [0, 0.1) is 6.92 Å². The summed E-state index contributed by atoms with van der Waals surface area (Å²) in [7, 11) is -3.63. The maximum absolute atomic E-state index is 12.7. The number of amides is 1. The molecule has 0 aromatic heterocycles. The van der Waals surface area contributed by atoms with E-state index in [0.29, 0.717) is 32.0 Å².